The van der Waals surface area contributed by atoms with E-state index in [0.29, 0.717) is 68.3 Å². The van der Waals surface area contributed by atoms with Gasteiger partial charge in [-0.2, -0.15) is 9.19 Å². The second-order valence-electron chi connectivity index (χ2n) is 13.5. The molecule has 0 amide bonds. The molecule has 0 aromatic carbocycles. The van der Waals surface area contributed by atoms with E-state index >= 15 is 0 Å². The Morgan fingerprint density at radius 2 is 1.73 bits per heavy atom. The second-order valence-corrected chi connectivity index (χ2v) is 15.5. The monoisotopic (exact) mass is 679 g/mol. The number of aromatic nitrogens is 6. The van der Waals surface area contributed by atoms with E-state index in [-0.39, 0.29) is 24.1 Å². The summed E-state index contributed by atoms with van der Waals surface area (Å²) in [5.74, 6) is -1.26. The smallest absolute Gasteiger partial charge is 0.256 e. The lowest BCUT2D eigenvalue weighted by Gasteiger charge is -2.34. The van der Waals surface area contributed by atoms with Crippen molar-refractivity contribution in [3.05, 3.63) is 60.8 Å². The molecule has 2 saturated carbocycles. The highest BCUT2D eigenvalue weighted by molar-refractivity contribution is 7.90. The van der Waals surface area contributed by atoms with Gasteiger partial charge in [-0.25, -0.2) is 32.2 Å². The van der Waals surface area contributed by atoms with Gasteiger partial charge in [0.25, 0.3) is 15.9 Å². The van der Waals surface area contributed by atoms with Gasteiger partial charge in [0.1, 0.15) is 11.6 Å². The van der Waals surface area contributed by atoms with Crippen LogP contribution in [0.4, 0.5) is 26.1 Å². The van der Waals surface area contributed by atoms with E-state index in [1.54, 1.807) is 24.7 Å². The van der Waals surface area contributed by atoms with Crippen LogP contribution in [0.3, 0.4) is 0 Å². The highest BCUT2D eigenvalue weighted by Crippen LogP contribution is 2.35. The summed E-state index contributed by atoms with van der Waals surface area (Å²) in [5, 5.41) is 21.1. The Morgan fingerprint density at radius 3 is 2.44 bits per heavy atom. The molecule has 3 fully saturated rings. The number of nitrogens with one attached hydrogen (secondary N) is 2. The molecule has 4 aromatic heterocycles. The van der Waals surface area contributed by atoms with E-state index in [1.165, 1.54) is 12.4 Å². The van der Waals surface area contributed by atoms with Crippen LogP contribution in [0.1, 0.15) is 63.9 Å². The average Bonchev–Trinajstić information content (AvgIpc) is 3.81. The van der Waals surface area contributed by atoms with E-state index < -0.39 is 21.5 Å². The summed E-state index contributed by atoms with van der Waals surface area (Å²) in [6.45, 7) is 3.15. The molecule has 5 heterocycles. The van der Waals surface area contributed by atoms with Crippen molar-refractivity contribution in [2.24, 2.45) is 0 Å². The molecule has 0 spiro atoms. The molecular weight excluding hydrogens is 640 g/mol. The van der Waals surface area contributed by atoms with Gasteiger partial charge in [-0.05, 0) is 63.1 Å². The number of rotatable bonds is 10. The van der Waals surface area contributed by atoms with Crippen LogP contribution in [0, 0.1) is 0 Å². The minimum absolute atomic E-state index is 0.123. The van der Waals surface area contributed by atoms with Crippen molar-refractivity contribution in [2.75, 3.05) is 23.7 Å². The van der Waals surface area contributed by atoms with Gasteiger partial charge >= 0.3 is 0 Å². The average molecular weight is 680 g/mol. The maximum Gasteiger partial charge on any atom is 0.256 e. The molecule has 4 aromatic rings. The van der Waals surface area contributed by atoms with Crippen molar-refractivity contribution in [3.8, 4) is 22.6 Å². The number of aliphatic hydroxyl groups is 1. The normalized spacial score (nSPS) is 23.1. The number of hydrogen-bond donors (Lipinski definition) is 3. The number of nitrogens with zero attached hydrogens (tertiary/aromatic N) is 7. The van der Waals surface area contributed by atoms with E-state index in [4.69, 9.17) is 4.98 Å². The van der Waals surface area contributed by atoms with Gasteiger partial charge in [0.05, 0.1) is 34.5 Å². The van der Waals surface area contributed by atoms with E-state index in [1.807, 2.05) is 30.0 Å². The van der Waals surface area contributed by atoms with E-state index in [2.05, 4.69) is 30.7 Å². The highest BCUT2D eigenvalue weighted by Gasteiger charge is 2.38. The maximum absolute atomic E-state index is 13.6. The topological polar surface area (TPSA) is 151 Å². The third-order valence-corrected chi connectivity index (χ3v) is 11.4. The van der Waals surface area contributed by atoms with Crippen molar-refractivity contribution in [2.45, 2.75) is 87.7 Å². The Balaban J connectivity index is 1.10. The van der Waals surface area contributed by atoms with Crippen LogP contribution in [-0.4, -0.2) is 83.5 Å². The van der Waals surface area contributed by atoms with E-state index in [9.17, 15) is 22.3 Å². The number of pyridine rings is 2. The number of piperidine rings is 1. The number of halogens is 2. The van der Waals surface area contributed by atoms with Crippen LogP contribution in [0.15, 0.2) is 55.2 Å². The van der Waals surface area contributed by atoms with Gasteiger partial charge in [0, 0.05) is 74.4 Å². The molecule has 254 valence electrons. The first-order chi connectivity index (χ1) is 22.9. The molecular formula is C33H39F2N9O3S. The number of anilines is 3. The molecule has 48 heavy (non-hydrogen) atoms. The molecule has 3 aliphatic rings. The second kappa shape index (κ2) is 12.7. The zero-order valence-electron chi connectivity index (χ0n) is 26.7. The third kappa shape index (κ3) is 7.47. The van der Waals surface area contributed by atoms with Crippen LogP contribution in [0.25, 0.3) is 22.6 Å². The Labute approximate surface area is 278 Å². The fourth-order valence-corrected chi connectivity index (χ4v) is 7.68. The van der Waals surface area contributed by atoms with Crippen molar-refractivity contribution in [1.82, 2.24) is 34.0 Å². The summed E-state index contributed by atoms with van der Waals surface area (Å²) in [4.78, 5) is 20.3. The maximum atomic E-state index is 13.6. The standard InChI is InChI=1S/C33H39F2N9O3S/c1-32(45)9-6-24(7-10-32)40-28-16-30(38-19-26(28)27-5-2-22(17-37-27)20-43-14-11-33(34,35)12-15-43)41-29-8-13-36-31(42-29)23-18-39-44(21-23)48(46,47)25-3-4-25/h2,5,8,13,16-19,21,24-25,45H,3-4,6-7,9-12,14-15,20H2,1H3,(H2,36,38,40,41,42). The Kier molecular flexibility index (Phi) is 8.62. The van der Waals surface area contributed by atoms with Crippen LogP contribution in [0.5, 0.6) is 0 Å². The Bertz CT molecular complexity index is 1860. The first kappa shape index (κ1) is 32.5. The molecule has 12 nitrogen and oxygen atoms in total. The first-order valence-corrected chi connectivity index (χ1v) is 17.9. The number of likely N-dealkylation sites (tertiary alicyclic amines) is 1. The largest absolute Gasteiger partial charge is 0.390 e. The van der Waals surface area contributed by atoms with Gasteiger partial charge in [-0.3, -0.25) is 9.88 Å². The minimum Gasteiger partial charge on any atom is -0.390 e. The fourth-order valence-electron chi connectivity index (χ4n) is 6.20. The summed E-state index contributed by atoms with van der Waals surface area (Å²) in [6.07, 6.45) is 12.0. The Morgan fingerprint density at radius 1 is 0.958 bits per heavy atom. The molecule has 2 aliphatic carbocycles. The molecule has 1 aliphatic heterocycles. The molecule has 0 atom stereocenters. The number of hydrogen-bond acceptors (Lipinski definition) is 11. The summed E-state index contributed by atoms with van der Waals surface area (Å²) in [5.41, 5.74) is 3.10. The lowest BCUT2D eigenvalue weighted by atomic mass is 9.83. The first-order valence-electron chi connectivity index (χ1n) is 16.4. The predicted molar refractivity (Wildman–Crippen MR) is 177 cm³/mol. The molecule has 3 N–H and O–H groups in total. The summed E-state index contributed by atoms with van der Waals surface area (Å²) >= 11 is 0. The summed E-state index contributed by atoms with van der Waals surface area (Å²) < 4.78 is 53.4. The van der Waals surface area contributed by atoms with Crippen molar-refractivity contribution in [3.63, 3.8) is 0 Å². The quantitative estimate of drug-likeness (QED) is 0.203. The Hall–Kier alpha value is -4.08. The fraction of sp³-hybridized carbons (Fsp3) is 0.485. The SMILES string of the molecule is CC1(O)CCC(Nc2cc(Nc3ccnc(-c4cnn(S(=O)(=O)C5CC5)c4)n3)ncc2-c2ccc(CN3CCC(F)(F)CC3)cn2)CC1. The predicted octanol–water partition coefficient (Wildman–Crippen LogP) is 5.22. The van der Waals surface area contributed by atoms with Gasteiger partial charge < -0.3 is 15.7 Å². The van der Waals surface area contributed by atoms with Crippen LogP contribution >= 0.6 is 0 Å². The van der Waals surface area contributed by atoms with Crippen molar-refractivity contribution >= 4 is 27.3 Å². The van der Waals surface area contributed by atoms with Crippen molar-refractivity contribution < 1.29 is 22.3 Å². The van der Waals surface area contributed by atoms with Gasteiger partial charge in [-0.1, -0.05) is 6.07 Å². The lowest BCUT2D eigenvalue weighted by molar-refractivity contribution is -0.0566. The zero-order chi connectivity index (χ0) is 33.5. The highest BCUT2D eigenvalue weighted by atomic mass is 32.2. The van der Waals surface area contributed by atoms with Gasteiger partial charge in [0.2, 0.25) is 0 Å². The molecule has 15 heteroatoms. The van der Waals surface area contributed by atoms with Crippen LogP contribution in [-0.2, 0) is 16.6 Å². The molecule has 0 radical (unpaired) electrons. The molecule has 0 bridgehead atoms. The minimum atomic E-state index is -3.50. The lowest BCUT2D eigenvalue weighted by Crippen LogP contribution is -2.38. The third-order valence-electron chi connectivity index (χ3n) is 9.36. The van der Waals surface area contributed by atoms with E-state index in [0.717, 1.165) is 39.4 Å². The van der Waals surface area contributed by atoms with Crippen LogP contribution < -0.4 is 10.6 Å². The van der Waals surface area contributed by atoms with Crippen molar-refractivity contribution in [1.29, 1.82) is 0 Å². The summed E-state index contributed by atoms with van der Waals surface area (Å²) in [7, 11) is -3.50. The summed E-state index contributed by atoms with van der Waals surface area (Å²) in [6, 6.07) is 7.64. The van der Waals surface area contributed by atoms with Gasteiger partial charge in [0.15, 0.2) is 5.82 Å². The van der Waals surface area contributed by atoms with Crippen LogP contribution in [0.2, 0.25) is 0 Å². The molecule has 0 unspecified atom stereocenters. The zero-order valence-corrected chi connectivity index (χ0v) is 27.5. The number of alkyl halides is 2. The molecule has 7 rings (SSSR count). The van der Waals surface area contributed by atoms with Gasteiger partial charge in [-0.15, -0.1) is 0 Å². The molecule has 1 saturated heterocycles.